The molecule has 1 N–H and O–H groups in total. The molecule has 0 amide bonds. The largest absolute Gasteiger partial charge is 0.507 e. The second-order valence-electron chi connectivity index (χ2n) is 4.15. The van der Waals surface area contributed by atoms with Gasteiger partial charge in [-0.2, -0.15) is 0 Å². The molecule has 0 saturated carbocycles. The van der Waals surface area contributed by atoms with Crippen LogP contribution in [0.2, 0.25) is 0 Å². The number of hydrogen-bond acceptors (Lipinski definition) is 3. The fourth-order valence-electron chi connectivity index (χ4n) is 1.80. The lowest BCUT2D eigenvalue weighted by Gasteiger charge is -2.14. The Balaban J connectivity index is 2.85. The number of para-hydroxylation sites is 1. The van der Waals surface area contributed by atoms with Crippen molar-refractivity contribution >= 4 is 12.0 Å². The van der Waals surface area contributed by atoms with Gasteiger partial charge in [-0.25, -0.2) is 0 Å². The van der Waals surface area contributed by atoms with E-state index in [0.717, 1.165) is 5.56 Å². The van der Waals surface area contributed by atoms with Gasteiger partial charge in [-0.15, -0.1) is 5.73 Å². The molecule has 96 valence electrons. The van der Waals surface area contributed by atoms with Crippen LogP contribution in [0.1, 0.15) is 36.8 Å². The standard InChI is InChI=1S/C15H18O3/c1-4-6-12-7-5-8-13(15(12)17)11(2)9-10-14(16)18-3/h5-8,11,17H,1,9-10H2,2-3H3. The smallest absolute Gasteiger partial charge is 0.305 e. The molecule has 0 fully saturated rings. The molecular formula is C15H18O3. The Morgan fingerprint density at radius 1 is 1.61 bits per heavy atom. The van der Waals surface area contributed by atoms with Crippen LogP contribution in [0.15, 0.2) is 30.5 Å². The van der Waals surface area contributed by atoms with Crippen LogP contribution in [0.5, 0.6) is 5.75 Å². The van der Waals surface area contributed by atoms with E-state index in [9.17, 15) is 9.90 Å². The van der Waals surface area contributed by atoms with E-state index in [0.29, 0.717) is 18.4 Å². The van der Waals surface area contributed by atoms with Gasteiger partial charge < -0.3 is 9.84 Å². The van der Waals surface area contributed by atoms with E-state index in [1.165, 1.54) is 7.11 Å². The van der Waals surface area contributed by atoms with Gasteiger partial charge in [-0.3, -0.25) is 4.79 Å². The molecule has 0 aliphatic rings. The summed E-state index contributed by atoms with van der Waals surface area (Å²) in [5.41, 5.74) is 4.15. The molecule has 0 saturated heterocycles. The second-order valence-corrected chi connectivity index (χ2v) is 4.15. The fourth-order valence-corrected chi connectivity index (χ4v) is 1.80. The number of methoxy groups -OCH3 is 1. The Labute approximate surface area is 107 Å². The normalized spacial score (nSPS) is 11.4. The first-order chi connectivity index (χ1) is 8.60. The first kappa shape index (κ1) is 14.1. The van der Waals surface area contributed by atoms with Crippen LogP contribution in [-0.2, 0) is 9.53 Å². The van der Waals surface area contributed by atoms with Crippen molar-refractivity contribution in [2.75, 3.05) is 7.11 Å². The number of esters is 1. The first-order valence-electron chi connectivity index (χ1n) is 5.84. The Morgan fingerprint density at radius 3 is 2.94 bits per heavy atom. The van der Waals surface area contributed by atoms with E-state index in [-0.39, 0.29) is 17.6 Å². The summed E-state index contributed by atoms with van der Waals surface area (Å²) in [4.78, 5) is 11.1. The summed E-state index contributed by atoms with van der Waals surface area (Å²) in [7, 11) is 1.37. The summed E-state index contributed by atoms with van der Waals surface area (Å²) in [6.45, 7) is 5.46. The van der Waals surface area contributed by atoms with Crippen molar-refractivity contribution in [2.45, 2.75) is 25.7 Å². The minimum absolute atomic E-state index is 0.0854. The highest BCUT2D eigenvalue weighted by Gasteiger charge is 2.14. The molecule has 3 heteroatoms. The van der Waals surface area contributed by atoms with E-state index in [4.69, 9.17) is 0 Å². The lowest BCUT2D eigenvalue weighted by atomic mass is 9.93. The first-order valence-corrected chi connectivity index (χ1v) is 5.84. The number of carbonyl (C=O) groups excluding carboxylic acids is 1. The van der Waals surface area contributed by atoms with Gasteiger partial charge in [0.2, 0.25) is 0 Å². The monoisotopic (exact) mass is 246 g/mol. The van der Waals surface area contributed by atoms with E-state index >= 15 is 0 Å². The van der Waals surface area contributed by atoms with Crippen LogP contribution in [0.3, 0.4) is 0 Å². The zero-order valence-corrected chi connectivity index (χ0v) is 10.8. The summed E-state index contributed by atoms with van der Waals surface area (Å²) in [6.07, 6.45) is 2.62. The van der Waals surface area contributed by atoms with Crippen molar-refractivity contribution in [3.05, 3.63) is 41.6 Å². The van der Waals surface area contributed by atoms with Crippen LogP contribution in [0, 0.1) is 0 Å². The van der Waals surface area contributed by atoms with Crippen molar-refractivity contribution < 1.29 is 14.6 Å². The van der Waals surface area contributed by atoms with Crippen molar-refractivity contribution in [2.24, 2.45) is 0 Å². The number of phenolic OH excluding ortho intramolecular Hbond substituents is 1. The van der Waals surface area contributed by atoms with Crippen LogP contribution in [0.4, 0.5) is 0 Å². The SMILES string of the molecule is C=C=Cc1cccc(C(C)CCC(=O)OC)c1O. The van der Waals surface area contributed by atoms with Crippen LogP contribution in [-0.4, -0.2) is 18.2 Å². The van der Waals surface area contributed by atoms with Gasteiger partial charge in [0.15, 0.2) is 0 Å². The fraction of sp³-hybridized carbons (Fsp3) is 0.333. The number of rotatable bonds is 5. The minimum atomic E-state index is -0.233. The molecule has 1 atom stereocenters. The van der Waals surface area contributed by atoms with Gasteiger partial charge in [0.05, 0.1) is 7.11 Å². The molecule has 1 aromatic rings. The molecule has 3 nitrogen and oxygen atoms in total. The molecule has 0 bridgehead atoms. The third-order valence-corrected chi connectivity index (χ3v) is 2.90. The van der Waals surface area contributed by atoms with Crippen molar-refractivity contribution in [3.8, 4) is 5.75 Å². The molecule has 1 unspecified atom stereocenters. The predicted octanol–water partition coefficient (Wildman–Crippen LogP) is 3.25. The van der Waals surface area contributed by atoms with Gasteiger partial charge in [0.1, 0.15) is 5.75 Å². The molecule has 1 rings (SSSR count). The molecule has 0 radical (unpaired) electrons. The lowest BCUT2D eigenvalue weighted by molar-refractivity contribution is -0.140. The Bertz CT molecular complexity index is 471. The molecule has 0 aliphatic carbocycles. The predicted molar refractivity (Wildman–Crippen MR) is 71.4 cm³/mol. The molecule has 0 aromatic heterocycles. The average molecular weight is 246 g/mol. The molecule has 0 spiro atoms. The van der Waals surface area contributed by atoms with Crippen molar-refractivity contribution in [1.82, 2.24) is 0 Å². The van der Waals surface area contributed by atoms with Gasteiger partial charge >= 0.3 is 5.97 Å². The molecular weight excluding hydrogens is 228 g/mol. The second kappa shape index (κ2) is 6.67. The van der Waals surface area contributed by atoms with Gasteiger partial charge in [-0.1, -0.05) is 31.7 Å². The van der Waals surface area contributed by atoms with E-state index in [1.807, 2.05) is 19.1 Å². The highest BCUT2D eigenvalue weighted by atomic mass is 16.5. The Kier molecular flexibility index (Phi) is 5.22. The highest BCUT2D eigenvalue weighted by Crippen LogP contribution is 2.32. The number of ether oxygens (including phenoxy) is 1. The van der Waals surface area contributed by atoms with Gasteiger partial charge in [-0.05, 0) is 24.0 Å². The molecule has 0 heterocycles. The summed E-state index contributed by atoms with van der Waals surface area (Å²) in [6, 6.07) is 5.52. The quantitative estimate of drug-likeness (QED) is 0.640. The van der Waals surface area contributed by atoms with E-state index in [2.05, 4.69) is 17.0 Å². The van der Waals surface area contributed by atoms with Gasteiger partial charge in [0, 0.05) is 12.0 Å². The topological polar surface area (TPSA) is 46.5 Å². The number of benzene rings is 1. The van der Waals surface area contributed by atoms with E-state index in [1.54, 1.807) is 12.1 Å². The summed E-state index contributed by atoms with van der Waals surface area (Å²) < 4.78 is 4.60. The number of aromatic hydroxyl groups is 1. The summed E-state index contributed by atoms with van der Waals surface area (Å²) in [5, 5.41) is 10.1. The maximum absolute atomic E-state index is 11.1. The number of phenols is 1. The summed E-state index contributed by atoms with van der Waals surface area (Å²) in [5.74, 6) is 0.0803. The maximum Gasteiger partial charge on any atom is 0.305 e. The van der Waals surface area contributed by atoms with Crippen molar-refractivity contribution in [3.63, 3.8) is 0 Å². The van der Waals surface area contributed by atoms with E-state index < -0.39 is 0 Å². The highest BCUT2D eigenvalue weighted by molar-refractivity contribution is 5.69. The van der Waals surface area contributed by atoms with Crippen LogP contribution >= 0.6 is 0 Å². The minimum Gasteiger partial charge on any atom is -0.507 e. The molecule has 0 aliphatic heterocycles. The molecule has 18 heavy (non-hydrogen) atoms. The third-order valence-electron chi connectivity index (χ3n) is 2.90. The number of hydrogen-bond donors (Lipinski definition) is 1. The zero-order chi connectivity index (χ0) is 13.5. The van der Waals surface area contributed by atoms with Crippen LogP contribution < -0.4 is 0 Å². The third kappa shape index (κ3) is 3.51. The Morgan fingerprint density at radius 2 is 2.33 bits per heavy atom. The van der Waals surface area contributed by atoms with Crippen LogP contribution in [0.25, 0.3) is 6.08 Å². The number of carbonyl (C=O) groups is 1. The lowest BCUT2D eigenvalue weighted by Crippen LogP contribution is -2.03. The van der Waals surface area contributed by atoms with Crippen molar-refractivity contribution in [1.29, 1.82) is 0 Å². The Hall–Kier alpha value is -1.99. The summed E-state index contributed by atoms with van der Waals surface area (Å²) >= 11 is 0. The average Bonchev–Trinajstić information content (AvgIpc) is 2.38. The van der Waals surface area contributed by atoms with Gasteiger partial charge in [0.25, 0.3) is 0 Å². The zero-order valence-electron chi connectivity index (χ0n) is 10.8. The molecule has 1 aromatic carbocycles. The maximum atomic E-state index is 11.1.